The summed E-state index contributed by atoms with van der Waals surface area (Å²) < 4.78 is 6.22. The zero-order valence-corrected chi connectivity index (χ0v) is 30.8. The van der Waals surface area contributed by atoms with Crippen molar-refractivity contribution in [1.82, 2.24) is 0 Å². The third-order valence-electron chi connectivity index (χ3n) is 11.2. The highest BCUT2D eigenvalue weighted by Gasteiger charge is 2.33. The van der Waals surface area contributed by atoms with Gasteiger partial charge in [0.2, 0.25) is 0 Å². The van der Waals surface area contributed by atoms with Crippen molar-refractivity contribution in [3.05, 3.63) is 210 Å². The first-order chi connectivity index (χ1) is 27.2. The molecule has 9 aromatic rings. The Hall–Kier alpha value is -6.55. The van der Waals surface area contributed by atoms with Crippen molar-refractivity contribution < 1.29 is 4.42 Å². The molecule has 1 aliphatic heterocycles. The summed E-state index contributed by atoms with van der Waals surface area (Å²) in [5.74, 6) is 0.382. The van der Waals surface area contributed by atoms with Crippen LogP contribution in [0, 0.1) is 0 Å². The average Bonchev–Trinajstić information content (AvgIpc) is 3.84. The van der Waals surface area contributed by atoms with Crippen molar-refractivity contribution in [3.63, 3.8) is 0 Å². The van der Waals surface area contributed by atoms with Crippen molar-refractivity contribution in [2.45, 2.75) is 17.2 Å². The van der Waals surface area contributed by atoms with E-state index in [2.05, 4.69) is 187 Å². The maximum atomic E-state index is 6.22. The molecule has 2 aliphatic rings. The van der Waals surface area contributed by atoms with Gasteiger partial charge in [-0.25, -0.2) is 0 Å². The summed E-state index contributed by atoms with van der Waals surface area (Å²) in [4.78, 5) is 5.23. The highest BCUT2D eigenvalue weighted by atomic mass is 32.2. The molecule has 11 rings (SSSR count). The van der Waals surface area contributed by atoms with Crippen LogP contribution < -0.4 is 4.90 Å². The van der Waals surface area contributed by atoms with E-state index in [0.29, 0.717) is 5.92 Å². The Morgan fingerprint density at radius 3 is 1.93 bits per heavy atom. The third kappa shape index (κ3) is 5.50. The van der Waals surface area contributed by atoms with Gasteiger partial charge in [0.15, 0.2) is 0 Å². The number of allylic oxidation sites excluding steroid dienone is 3. The molecule has 0 amide bonds. The van der Waals surface area contributed by atoms with Gasteiger partial charge in [0, 0.05) is 37.9 Å². The van der Waals surface area contributed by atoms with E-state index < -0.39 is 0 Å². The smallest absolute Gasteiger partial charge is 0.136 e. The Morgan fingerprint density at radius 2 is 1.11 bits per heavy atom. The van der Waals surface area contributed by atoms with E-state index in [9.17, 15) is 0 Å². The molecule has 0 N–H and O–H groups in total. The predicted octanol–water partition coefficient (Wildman–Crippen LogP) is 14.9. The monoisotopic (exact) mass is 721 g/mol. The normalized spacial score (nSPS) is 14.8. The van der Waals surface area contributed by atoms with Crippen LogP contribution in [0.4, 0.5) is 11.4 Å². The van der Waals surface area contributed by atoms with Gasteiger partial charge in [0.05, 0.1) is 5.70 Å². The van der Waals surface area contributed by atoms with Crippen molar-refractivity contribution in [2.24, 2.45) is 0 Å². The fourth-order valence-corrected chi connectivity index (χ4v) is 9.85. The lowest BCUT2D eigenvalue weighted by Crippen LogP contribution is -2.19. The third-order valence-corrected chi connectivity index (χ3v) is 12.5. The molecular formula is C52H35NOS. The van der Waals surface area contributed by atoms with Gasteiger partial charge in [-0.3, -0.25) is 0 Å². The van der Waals surface area contributed by atoms with Crippen molar-refractivity contribution in [3.8, 4) is 33.4 Å². The number of rotatable bonds is 6. The first-order valence-electron chi connectivity index (χ1n) is 18.9. The van der Waals surface area contributed by atoms with Crippen LogP contribution in [-0.4, -0.2) is 0 Å². The van der Waals surface area contributed by atoms with Crippen molar-refractivity contribution >= 4 is 55.8 Å². The fourth-order valence-electron chi connectivity index (χ4n) is 8.50. The van der Waals surface area contributed by atoms with Gasteiger partial charge in [-0.1, -0.05) is 145 Å². The van der Waals surface area contributed by atoms with E-state index in [4.69, 9.17) is 4.42 Å². The Bertz CT molecular complexity index is 2970. The predicted molar refractivity (Wildman–Crippen MR) is 232 cm³/mol. The summed E-state index contributed by atoms with van der Waals surface area (Å²) in [6.07, 6.45) is 5.71. The van der Waals surface area contributed by atoms with Crippen LogP contribution in [0.2, 0.25) is 0 Å². The maximum Gasteiger partial charge on any atom is 0.136 e. The number of furan rings is 1. The molecule has 1 aliphatic carbocycles. The maximum absolute atomic E-state index is 6.22. The van der Waals surface area contributed by atoms with Crippen LogP contribution in [-0.2, 0) is 0 Å². The highest BCUT2D eigenvalue weighted by molar-refractivity contribution is 8.03. The van der Waals surface area contributed by atoms with Gasteiger partial charge in [0.1, 0.15) is 11.2 Å². The van der Waals surface area contributed by atoms with Gasteiger partial charge in [0.25, 0.3) is 0 Å². The van der Waals surface area contributed by atoms with E-state index in [1.807, 2.05) is 23.9 Å². The van der Waals surface area contributed by atoms with E-state index in [-0.39, 0.29) is 0 Å². The number of benzene rings is 8. The average molecular weight is 722 g/mol. The summed E-state index contributed by atoms with van der Waals surface area (Å²) in [5.41, 5.74) is 14.0. The van der Waals surface area contributed by atoms with Crippen molar-refractivity contribution in [2.75, 3.05) is 4.90 Å². The topological polar surface area (TPSA) is 16.4 Å². The van der Waals surface area contributed by atoms with Crippen LogP contribution in [0.25, 0.3) is 66.1 Å². The van der Waals surface area contributed by atoms with Crippen molar-refractivity contribution in [1.29, 1.82) is 0 Å². The molecule has 2 nitrogen and oxygen atoms in total. The molecule has 0 saturated carbocycles. The Balaban J connectivity index is 0.972. The first-order valence-corrected chi connectivity index (χ1v) is 19.7. The Labute approximate surface area is 324 Å². The Kier molecular flexibility index (Phi) is 7.60. The van der Waals surface area contributed by atoms with Crippen LogP contribution in [0.5, 0.6) is 0 Å². The minimum atomic E-state index is 0.382. The lowest BCUT2D eigenvalue weighted by Gasteiger charge is -2.31. The minimum Gasteiger partial charge on any atom is -0.456 e. The molecule has 0 saturated heterocycles. The molecule has 0 fully saturated rings. The van der Waals surface area contributed by atoms with Crippen LogP contribution in [0.3, 0.4) is 0 Å². The molecule has 1 aromatic heterocycles. The lowest BCUT2D eigenvalue weighted by atomic mass is 9.91. The van der Waals surface area contributed by atoms with Gasteiger partial charge < -0.3 is 9.32 Å². The summed E-state index contributed by atoms with van der Waals surface area (Å²) >= 11 is 1.93. The molecule has 260 valence electrons. The van der Waals surface area contributed by atoms with Crippen LogP contribution in [0.1, 0.15) is 17.9 Å². The molecule has 8 aromatic carbocycles. The molecule has 3 heteroatoms. The molecule has 1 unspecified atom stereocenters. The van der Waals surface area contributed by atoms with Crippen LogP contribution >= 0.6 is 11.8 Å². The van der Waals surface area contributed by atoms with E-state index in [1.54, 1.807) is 0 Å². The number of thioether (sulfide) groups is 1. The SMILES string of the molecule is C1=CC(N(c2ccc(-c3ccccc3)cc2)c2ccc(-c3cccc(-c4ccc5ccc6oc7ccccc7c6c5c4)c3)cc2)=C2Sc3ccccc3C2C1. The molecule has 55 heavy (non-hydrogen) atoms. The van der Waals surface area contributed by atoms with E-state index >= 15 is 0 Å². The second-order valence-corrected chi connectivity index (χ2v) is 15.5. The zero-order valence-electron chi connectivity index (χ0n) is 30.0. The second kappa shape index (κ2) is 13.1. The Morgan fingerprint density at radius 1 is 0.491 bits per heavy atom. The molecule has 0 bridgehead atoms. The number of anilines is 2. The molecule has 0 radical (unpaired) electrons. The van der Waals surface area contributed by atoms with Crippen LogP contribution in [0.15, 0.2) is 214 Å². The number of nitrogens with zero attached hydrogens (tertiary/aromatic N) is 1. The van der Waals surface area contributed by atoms with E-state index in [0.717, 1.165) is 34.3 Å². The number of fused-ring (bicyclic) bond motifs is 8. The fraction of sp³-hybridized carbons (Fsp3) is 0.0385. The molecule has 0 spiro atoms. The quantitative estimate of drug-likeness (QED) is 0.170. The summed E-state index contributed by atoms with van der Waals surface area (Å²) in [6.45, 7) is 0. The van der Waals surface area contributed by atoms with Gasteiger partial charge in [-0.05, 0) is 117 Å². The lowest BCUT2D eigenvalue weighted by molar-refractivity contribution is 0.669. The zero-order chi connectivity index (χ0) is 36.3. The molecular weight excluding hydrogens is 687 g/mol. The molecule has 1 atom stereocenters. The van der Waals surface area contributed by atoms with Gasteiger partial charge >= 0.3 is 0 Å². The van der Waals surface area contributed by atoms with Gasteiger partial charge in [-0.2, -0.15) is 0 Å². The van der Waals surface area contributed by atoms with E-state index in [1.165, 1.54) is 70.6 Å². The molecule has 2 heterocycles. The summed E-state index contributed by atoms with van der Waals surface area (Å²) in [5, 5.41) is 4.76. The minimum absolute atomic E-state index is 0.382. The summed E-state index contributed by atoms with van der Waals surface area (Å²) in [7, 11) is 0. The van der Waals surface area contributed by atoms with Gasteiger partial charge in [-0.15, -0.1) is 0 Å². The first kappa shape index (κ1) is 31.9. The number of hydrogen-bond donors (Lipinski definition) is 0. The standard InChI is InChI=1S/C52H35NOS/c1-2-10-34(11-3-1)35-22-27-41(28-23-35)53(47-17-9-16-44-43-14-5-7-19-50(43)55-52(44)47)42-29-24-36(25-30-42)38-12-8-13-39(32-38)40-21-20-37-26-31-49-51(46(37)33-40)45-15-4-6-18-48(45)54-49/h1-15,17-33,44H,16H2. The highest BCUT2D eigenvalue weighted by Crippen LogP contribution is 2.54. The second-order valence-electron chi connectivity index (χ2n) is 14.4. The number of hydrogen-bond acceptors (Lipinski definition) is 3. The largest absolute Gasteiger partial charge is 0.456 e. The number of para-hydroxylation sites is 1. The summed E-state index contributed by atoms with van der Waals surface area (Å²) in [6, 6.07) is 65.9.